The van der Waals surface area contributed by atoms with Crippen molar-refractivity contribution >= 4 is 34.4 Å². The molecule has 5 aromatic carbocycles. The second-order valence-corrected chi connectivity index (χ2v) is 10.2. The Labute approximate surface area is 243 Å². The van der Waals surface area contributed by atoms with E-state index in [0.29, 0.717) is 5.69 Å². The van der Waals surface area contributed by atoms with E-state index in [2.05, 4.69) is 17.4 Å². The van der Waals surface area contributed by atoms with E-state index < -0.39 is 12.1 Å². The summed E-state index contributed by atoms with van der Waals surface area (Å²) >= 11 is 0. The summed E-state index contributed by atoms with van der Waals surface area (Å²) in [6, 6.07) is 36.2. The zero-order valence-electron chi connectivity index (χ0n) is 22.7. The number of carbonyl (C=O) groups excluding carboxylic acids is 2. The Morgan fingerprint density at radius 3 is 2.02 bits per heavy atom. The van der Waals surface area contributed by atoms with Gasteiger partial charge >= 0.3 is 12.1 Å². The molecule has 0 heterocycles. The van der Waals surface area contributed by atoms with Crippen molar-refractivity contribution in [1.82, 2.24) is 5.32 Å². The zero-order chi connectivity index (χ0) is 29.1. The summed E-state index contributed by atoms with van der Waals surface area (Å²) in [5.74, 6) is -1.50. The third-order valence-corrected chi connectivity index (χ3v) is 7.61. The molecule has 0 atom stereocenters. The van der Waals surface area contributed by atoms with Crippen molar-refractivity contribution in [2.75, 3.05) is 18.1 Å². The van der Waals surface area contributed by atoms with E-state index >= 15 is 0 Å². The van der Waals surface area contributed by atoms with Crippen LogP contribution in [0.15, 0.2) is 115 Å². The molecular weight excluding hydrogens is 528 g/mol. The second-order valence-electron chi connectivity index (χ2n) is 10.2. The van der Waals surface area contributed by atoms with Gasteiger partial charge in [-0.15, -0.1) is 0 Å². The summed E-state index contributed by atoms with van der Waals surface area (Å²) in [6.07, 6.45) is -0.683. The first-order valence-electron chi connectivity index (χ1n) is 13.7. The number of carboxylic acid groups (broad SMARTS) is 1. The van der Waals surface area contributed by atoms with Gasteiger partial charge in [-0.2, -0.15) is 0 Å². The molecule has 0 fully saturated rings. The van der Waals surface area contributed by atoms with E-state index in [-0.39, 0.29) is 37.1 Å². The van der Waals surface area contributed by atoms with Crippen molar-refractivity contribution in [1.29, 1.82) is 0 Å². The summed E-state index contributed by atoms with van der Waals surface area (Å²) in [7, 11) is 0. The van der Waals surface area contributed by atoms with Gasteiger partial charge in [0.2, 0.25) is 5.91 Å². The number of carbonyl (C=O) groups is 3. The predicted molar refractivity (Wildman–Crippen MR) is 162 cm³/mol. The van der Waals surface area contributed by atoms with Crippen LogP contribution in [0, 0.1) is 0 Å². The molecule has 5 aromatic rings. The lowest BCUT2D eigenvalue weighted by molar-refractivity contribution is -0.117. The first-order chi connectivity index (χ1) is 20.5. The number of ether oxygens (including phenoxy) is 1. The van der Waals surface area contributed by atoms with Crippen molar-refractivity contribution in [2.45, 2.75) is 12.5 Å². The summed E-state index contributed by atoms with van der Waals surface area (Å²) in [4.78, 5) is 39.1. The van der Waals surface area contributed by atoms with E-state index in [1.807, 2.05) is 78.9 Å². The number of fused-ring (bicyclic) bond motifs is 4. The van der Waals surface area contributed by atoms with Gasteiger partial charge < -0.3 is 20.1 Å². The quantitative estimate of drug-likeness (QED) is 0.224. The largest absolute Gasteiger partial charge is 0.478 e. The molecule has 1 aliphatic carbocycles. The minimum absolute atomic E-state index is 0.0870. The molecule has 0 bridgehead atoms. The number of aromatic carboxylic acids is 1. The molecule has 0 radical (unpaired) electrons. The molecule has 0 aromatic heterocycles. The number of rotatable bonds is 8. The van der Waals surface area contributed by atoms with Crippen LogP contribution in [0.1, 0.15) is 33.0 Å². The topological polar surface area (TPSA) is 95.9 Å². The number of nitrogens with zero attached hydrogens (tertiary/aromatic N) is 1. The Morgan fingerprint density at radius 1 is 0.738 bits per heavy atom. The Balaban J connectivity index is 1.15. The fraction of sp³-hybridized carbons (Fsp3) is 0.114. The zero-order valence-corrected chi connectivity index (χ0v) is 22.7. The predicted octanol–water partition coefficient (Wildman–Crippen LogP) is 6.61. The monoisotopic (exact) mass is 556 g/mol. The highest BCUT2D eigenvalue weighted by Gasteiger charge is 2.29. The van der Waals surface area contributed by atoms with Crippen LogP contribution in [0.4, 0.5) is 10.5 Å². The maximum atomic E-state index is 13.5. The molecule has 0 saturated heterocycles. The van der Waals surface area contributed by atoms with Gasteiger partial charge in [-0.25, -0.2) is 9.59 Å². The Hall–Kier alpha value is -5.43. The number of benzene rings is 5. The lowest BCUT2D eigenvalue weighted by Crippen LogP contribution is -2.40. The maximum absolute atomic E-state index is 13.5. The molecule has 0 saturated carbocycles. The van der Waals surface area contributed by atoms with Gasteiger partial charge in [0.15, 0.2) is 0 Å². The molecular formula is C35H28N2O5. The fourth-order valence-electron chi connectivity index (χ4n) is 5.52. The summed E-state index contributed by atoms with van der Waals surface area (Å²) in [6.45, 7) is 0.0961. The molecule has 208 valence electrons. The number of alkyl carbamates (subject to hydrolysis) is 1. The summed E-state index contributed by atoms with van der Waals surface area (Å²) in [5, 5.41) is 14.0. The van der Waals surface area contributed by atoms with E-state index in [1.54, 1.807) is 12.1 Å². The SMILES string of the molecule is O=C(NCC(=O)N(Cc1ccc2ccccc2c1)c1ccc(C(=O)O)cc1)OCC1c2ccccc2-c2ccccc21. The highest BCUT2D eigenvalue weighted by molar-refractivity contribution is 5.97. The first kappa shape index (κ1) is 26.8. The molecule has 2 N–H and O–H groups in total. The van der Waals surface area contributed by atoms with Gasteiger partial charge in [-0.3, -0.25) is 4.79 Å². The third-order valence-electron chi connectivity index (χ3n) is 7.61. The number of nitrogens with one attached hydrogen (secondary N) is 1. The molecule has 1 aliphatic rings. The first-order valence-corrected chi connectivity index (χ1v) is 13.7. The molecule has 42 heavy (non-hydrogen) atoms. The maximum Gasteiger partial charge on any atom is 0.407 e. The van der Waals surface area contributed by atoms with Crippen molar-refractivity contribution in [3.63, 3.8) is 0 Å². The van der Waals surface area contributed by atoms with Crippen LogP contribution < -0.4 is 10.2 Å². The number of amides is 2. The number of anilines is 1. The standard InChI is InChI=1S/C35H28N2O5/c38-33(20-36-35(41)42-22-32-30-11-5-3-9-28(30)29-10-4-6-12-31(29)32)37(27-17-15-25(16-18-27)34(39)40)21-23-13-14-24-7-1-2-8-26(24)19-23/h1-19,32H,20-22H2,(H,36,41)(H,39,40). The van der Waals surface area contributed by atoms with Gasteiger partial charge in [0.25, 0.3) is 0 Å². The normalized spacial score (nSPS) is 11.9. The highest BCUT2D eigenvalue weighted by atomic mass is 16.5. The Kier molecular flexibility index (Phi) is 7.39. The Bertz CT molecular complexity index is 1750. The minimum Gasteiger partial charge on any atom is -0.478 e. The van der Waals surface area contributed by atoms with Crippen molar-refractivity contribution in [2.24, 2.45) is 0 Å². The van der Waals surface area contributed by atoms with Crippen molar-refractivity contribution in [3.8, 4) is 11.1 Å². The van der Waals surface area contributed by atoms with Gasteiger partial charge in [0.1, 0.15) is 13.2 Å². The van der Waals surface area contributed by atoms with Crippen LogP contribution in [-0.4, -0.2) is 36.2 Å². The van der Waals surface area contributed by atoms with E-state index in [0.717, 1.165) is 38.6 Å². The number of carboxylic acids is 1. The van der Waals surface area contributed by atoms with Crippen LogP contribution in [0.25, 0.3) is 21.9 Å². The lowest BCUT2D eigenvalue weighted by atomic mass is 9.98. The molecule has 2 amide bonds. The average Bonchev–Trinajstić information content (AvgIpc) is 3.35. The molecule has 7 heteroatoms. The van der Waals surface area contributed by atoms with Gasteiger partial charge in [0, 0.05) is 11.6 Å². The molecule has 7 nitrogen and oxygen atoms in total. The molecule has 0 aliphatic heterocycles. The van der Waals surface area contributed by atoms with Crippen molar-refractivity contribution < 1.29 is 24.2 Å². The summed E-state index contributed by atoms with van der Waals surface area (Å²) < 4.78 is 5.60. The van der Waals surface area contributed by atoms with Crippen LogP contribution >= 0.6 is 0 Å². The van der Waals surface area contributed by atoms with E-state index in [9.17, 15) is 19.5 Å². The number of hydrogen-bond acceptors (Lipinski definition) is 4. The highest BCUT2D eigenvalue weighted by Crippen LogP contribution is 2.44. The van der Waals surface area contributed by atoms with Crippen LogP contribution in [-0.2, 0) is 16.1 Å². The van der Waals surface area contributed by atoms with E-state index in [4.69, 9.17) is 4.74 Å². The third kappa shape index (κ3) is 5.45. The van der Waals surface area contributed by atoms with Gasteiger partial charge in [-0.05, 0) is 68.9 Å². The second kappa shape index (κ2) is 11.6. The summed E-state index contributed by atoms with van der Waals surface area (Å²) in [5.41, 5.74) is 6.01. The minimum atomic E-state index is -1.05. The van der Waals surface area contributed by atoms with Crippen LogP contribution in [0.5, 0.6) is 0 Å². The van der Waals surface area contributed by atoms with Crippen LogP contribution in [0.2, 0.25) is 0 Å². The molecule has 0 unspecified atom stereocenters. The van der Waals surface area contributed by atoms with E-state index in [1.165, 1.54) is 17.0 Å². The molecule has 0 spiro atoms. The van der Waals surface area contributed by atoms with Crippen LogP contribution in [0.3, 0.4) is 0 Å². The lowest BCUT2D eigenvalue weighted by Gasteiger charge is -2.24. The Morgan fingerprint density at radius 2 is 1.36 bits per heavy atom. The fourth-order valence-corrected chi connectivity index (χ4v) is 5.52. The average molecular weight is 557 g/mol. The van der Waals surface area contributed by atoms with Crippen molar-refractivity contribution in [3.05, 3.63) is 138 Å². The smallest absolute Gasteiger partial charge is 0.407 e. The van der Waals surface area contributed by atoms with Gasteiger partial charge in [0.05, 0.1) is 12.1 Å². The molecule has 6 rings (SSSR count). The van der Waals surface area contributed by atoms with Gasteiger partial charge in [-0.1, -0.05) is 84.9 Å². The number of hydrogen-bond donors (Lipinski definition) is 2.